The zero-order valence-electron chi connectivity index (χ0n) is 15.6. The Morgan fingerprint density at radius 2 is 2.08 bits per heavy atom. The molecule has 2 unspecified atom stereocenters. The normalized spacial score (nSPS) is 23.7. The third kappa shape index (κ3) is 3.25. The first kappa shape index (κ1) is 18.2. The average Bonchev–Trinajstić information content (AvgIpc) is 3.07. The standard InChI is InChI=1S/C17H28N4O3Si/c1-17(2,3)25(4,5)24-11-9-13-8-10-18-20(13)15-7-6-14-12-19(15)16(22)21(14)23/h6-8,10,14-15,23H,9,11-12H2,1-5H3. The molecule has 3 heterocycles. The first-order chi connectivity index (χ1) is 11.6. The minimum Gasteiger partial charge on any atom is -0.416 e. The van der Waals surface area contributed by atoms with Crippen LogP contribution in [0.4, 0.5) is 4.79 Å². The van der Waals surface area contributed by atoms with Crippen LogP contribution in [0.2, 0.25) is 18.1 Å². The van der Waals surface area contributed by atoms with Crippen LogP contribution >= 0.6 is 0 Å². The van der Waals surface area contributed by atoms with Crippen LogP contribution in [0.3, 0.4) is 0 Å². The van der Waals surface area contributed by atoms with E-state index in [0.29, 0.717) is 13.2 Å². The molecule has 0 spiro atoms. The van der Waals surface area contributed by atoms with Crippen LogP contribution in [0.15, 0.2) is 24.4 Å². The third-order valence-electron chi connectivity index (χ3n) is 5.59. The van der Waals surface area contributed by atoms with E-state index in [4.69, 9.17) is 4.43 Å². The van der Waals surface area contributed by atoms with Gasteiger partial charge in [-0.25, -0.2) is 9.48 Å². The molecule has 0 aliphatic carbocycles. The maximum Gasteiger partial charge on any atom is 0.346 e. The van der Waals surface area contributed by atoms with Crippen molar-refractivity contribution in [1.29, 1.82) is 0 Å². The monoisotopic (exact) mass is 364 g/mol. The van der Waals surface area contributed by atoms with Crippen LogP contribution in [0.1, 0.15) is 32.6 Å². The van der Waals surface area contributed by atoms with E-state index in [-0.39, 0.29) is 23.3 Å². The Balaban J connectivity index is 1.69. The molecule has 0 saturated carbocycles. The van der Waals surface area contributed by atoms with Crippen molar-refractivity contribution in [3.8, 4) is 0 Å². The summed E-state index contributed by atoms with van der Waals surface area (Å²) in [5.74, 6) is 0. The highest BCUT2D eigenvalue weighted by atomic mass is 28.4. The fourth-order valence-electron chi connectivity index (χ4n) is 2.94. The fraction of sp³-hybridized carbons (Fsp3) is 0.647. The molecule has 1 fully saturated rings. The van der Waals surface area contributed by atoms with Crippen molar-refractivity contribution < 1.29 is 14.4 Å². The van der Waals surface area contributed by atoms with Gasteiger partial charge in [-0.2, -0.15) is 10.2 Å². The summed E-state index contributed by atoms with van der Waals surface area (Å²) in [6.07, 6.45) is 5.99. The average molecular weight is 365 g/mol. The Hall–Kier alpha value is -1.64. The first-order valence-electron chi connectivity index (χ1n) is 8.75. The highest BCUT2D eigenvalue weighted by molar-refractivity contribution is 6.74. The van der Waals surface area contributed by atoms with Crippen molar-refractivity contribution in [1.82, 2.24) is 19.7 Å². The molecule has 7 nitrogen and oxygen atoms in total. The van der Waals surface area contributed by atoms with Gasteiger partial charge in [0.15, 0.2) is 8.32 Å². The molecule has 2 aliphatic rings. The lowest BCUT2D eigenvalue weighted by molar-refractivity contribution is -0.0454. The number of carbonyl (C=O) groups excluding carboxylic acids is 1. The summed E-state index contributed by atoms with van der Waals surface area (Å²) in [5.41, 5.74) is 1.02. The number of nitrogens with zero attached hydrogens (tertiary/aromatic N) is 4. The molecule has 1 saturated heterocycles. The number of carbonyl (C=O) groups is 1. The molecular weight excluding hydrogens is 336 g/mol. The second-order valence-electron chi connectivity index (χ2n) is 8.27. The molecule has 2 atom stereocenters. The van der Waals surface area contributed by atoms with Crippen LogP contribution in [-0.4, -0.2) is 58.5 Å². The molecular formula is C17H28N4O3Si. The largest absolute Gasteiger partial charge is 0.416 e. The van der Waals surface area contributed by atoms with Gasteiger partial charge in [-0.1, -0.05) is 26.8 Å². The lowest BCUT2D eigenvalue weighted by Crippen LogP contribution is -2.41. The van der Waals surface area contributed by atoms with Crippen molar-refractivity contribution in [3.63, 3.8) is 0 Å². The van der Waals surface area contributed by atoms with Crippen LogP contribution in [0, 0.1) is 0 Å². The smallest absolute Gasteiger partial charge is 0.346 e. The van der Waals surface area contributed by atoms with Gasteiger partial charge in [0.25, 0.3) is 0 Å². The van der Waals surface area contributed by atoms with Gasteiger partial charge >= 0.3 is 6.03 Å². The van der Waals surface area contributed by atoms with E-state index >= 15 is 0 Å². The summed E-state index contributed by atoms with van der Waals surface area (Å²) >= 11 is 0. The number of aromatic nitrogens is 2. The molecule has 1 aromatic rings. The summed E-state index contributed by atoms with van der Waals surface area (Å²) in [6, 6.07) is 1.33. The number of urea groups is 1. The van der Waals surface area contributed by atoms with Gasteiger partial charge in [0.2, 0.25) is 0 Å². The van der Waals surface area contributed by atoms with Crippen molar-refractivity contribution in [2.75, 3.05) is 13.2 Å². The van der Waals surface area contributed by atoms with Crippen molar-refractivity contribution in [2.45, 2.75) is 57.5 Å². The molecule has 138 valence electrons. The second kappa shape index (κ2) is 6.26. The molecule has 1 aromatic heterocycles. The molecule has 0 radical (unpaired) electrons. The van der Waals surface area contributed by atoms with Gasteiger partial charge in [0.05, 0.1) is 12.6 Å². The number of fused-ring (bicyclic) bond motifs is 2. The van der Waals surface area contributed by atoms with E-state index in [1.807, 2.05) is 22.9 Å². The number of hydrogen-bond donors (Lipinski definition) is 1. The van der Waals surface area contributed by atoms with Crippen molar-refractivity contribution in [2.24, 2.45) is 0 Å². The predicted molar refractivity (Wildman–Crippen MR) is 96.8 cm³/mol. The van der Waals surface area contributed by atoms with Gasteiger partial charge < -0.3 is 4.43 Å². The maximum absolute atomic E-state index is 12.2. The molecule has 2 amide bonds. The van der Waals surface area contributed by atoms with Crippen molar-refractivity contribution >= 4 is 14.3 Å². The molecule has 1 N–H and O–H groups in total. The Morgan fingerprint density at radius 1 is 1.36 bits per heavy atom. The second-order valence-corrected chi connectivity index (χ2v) is 13.1. The highest BCUT2D eigenvalue weighted by Gasteiger charge is 2.43. The lowest BCUT2D eigenvalue weighted by Gasteiger charge is -2.36. The summed E-state index contributed by atoms with van der Waals surface area (Å²) in [6.45, 7) is 12.3. The third-order valence-corrected chi connectivity index (χ3v) is 10.1. The molecule has 8 heteroatoms. The Kier molecular flexibility index (Phi) is 4.55. The Labute approximate surface area is 149 Å². The van der Waals surface area contributed by atoms with E-state index in [1.165, 1.54) is 0 Å². The minimum atomic E-state index is -1.78. The molecule has 3 rings (SSSR count). The summed E-state index contributed by atoms with van der Waals surface area (Å²) < 4.78 is 8.11. The van der Waals surface area contributed by atoms with E-state index in [9.17, 15) is 10.0 Å². The van der Waals surface area contributed by atoms with E-state index in [0.717, 1.165) is 17.2 Å². The van der Waals surface area contributed by atoms with Gasteiger partial charge in [-0.15, -0.1) is 0 Å². The maximum atomic E-state index is 12.2. The summed E-state index contributed by atoms with van der Waals surface area (Å²) in [7, 11) is -1.78. The van der Waals surface area contributed by atoms with E-state index < -0.39 is 8.32 Å². The predicted octanol–water partition coefficient (Wildman–Crippen LogP) is 3.01. The molecule has 0 aromatic carbocycles. The summed E-state index contributed by atoms with van der Waals surface area (Å²) in [5, 5.41) is 15.2. The number of rotatable bonds is 5. The zero-order valence-corrected chi connectivity index (χ0v) is 16.6. The fourth-order valence-corrected chi connectivity index (χ4v) is 3.99. The SMILES string of the molecule is CC(C)(C)[Si](C)(C)OCCc1ccnn1C1C=CC2CN1C(=O)N2O. The topological polar surface area (TPSA) is 70.8 Å². The highest BCUT2D eigenvalue weighted by Crippen LogP contribution is 2.36. The lowest BCUT2D eigenvalue weighted by atomic mass is 10.2. The zero-order chi connectivity index (χ0) is 18.4. The number of hydrogen-bond acceptors (Lipinski definition) is 4. The van der Waals surface area contributed by atoms with Crippen LogP contribution in [0.25, 0.3) is 0 Å². The molecule has 2 bridgehead atoms. The molecule has 25 heavy (non-hydrogen) atoms. The van der Waals surface area contributed by atoms with Crippen LogP contribution in [-0.2, 0) is 10.8 Å². The minimum absolute atomic E-state index is 0.181. The number of hydroxylamine groups is 2. The first-order valence-corrected chi connectivity index (χ1v) is 11.7. The van der Waals surface area contributed by atoms with E-state index in [1.54, 1.807) is 11.1 Å². The Morgan fingerprint density at radius 3 is 2.76 bits per heavy atom. The van der Waals surface area contributed by atoms with Crippen molar-refractivity contribution in [3.05, 3.63) is 30.1 Å². The molecule has 2 aliphatic heterocycles. The van der Waals surface area contributed by atoms with Crippen LogP contribution in [0.5, 0.6) is 0 Å². The van der Waals surface area contributed by atoms with Gasteiger partial charge in [-0.05, 0) is 30.3 Å². The van der Waals surface area contributed by atoms with Gasteiger partial charge in [0, 0.05) is 24.9 Å². The van der Waals surface area contributed by atoms with E-state index in [2.05, 4.69) is 39.0 Å². The van der Waals surface area contributed by atoms with Crippen LogP contribution < -0.4 is 0 Å². The Bertz CT molecular complexity index is 680. The number of amides is 2. The van der Waals surface area contributed by atoms with Gasteiger partial charge in [-0.3, -0.25) is 10.1 Å². The summed E-state index contributed by atoms with van der Waals surface area (Å²) in [4.78, 5) is 13.8. The quantitative estimate of drug-likeness (QED) is 0.495. The van der Waals surface area contributed by atoms with Gasteiger partial charge in [0.1, 0.15) is 6.17 Å².